The van der Waals surface area contributed by atoms with Crippen molar-refractivity contribution in [3.8, 4) is 5.75 Å². The van der Waals surface area contributed by atoms with Crippen molar-refractivity contribution in [2.24, 2.45) is 0 Å². The summed E-state index contributed by atoms with van der Waals surface area (Å²) in [4.78, 5) is 3.85. The Morgan fingerprint density at radius 1 is 1.25 bits per heavy atom. The Morgan fingerprint density at radius 2 is 2.15 bits per heavy atom. The molecule has 1 aromatic heterocycles. The first kappa shape index (κ1) is 12.9. The van der Waals surface area contributed by atoms with Crippen LogP contribution in [0.2, 0.25) is 0 Å². The second-order valence-electron chi connectivity index (χ2n) is 5.06. The number of aryl methyl sites for hydroxylation is 1. The van der Waals surface area contributed by atoms with Crippen LogP contribution < -0.4 is 10.1 Å². The normalized spacial score (nSPS) is 17.4. The summed E-state index contributed by atoms with van der Waals surface area (Å²) in [6.45, 7) is 0. The van der Waals surface area contributed by atoms with Crippen LogP contribution in [0.15, 0.2) is 36.4 Å². The maximum Gasteiger partial charge on any atom is 0.214 e. The summed E-state index contributed by atoms with van der Waals surface area (Å²) in [6.07, 6.45) is 2.95. The molecule has 3 nitrogen and oxygen atoms in total. The van der Waals surface area contributed by atoms with Crippen molar-refractivity contribution >= 4 is 5.82 Å². The average molecular weight is 272 g/mol. The molecule has 20 heavy (non-hydrogen) atoms. The predicted molar refractivity (Wildman–Crippen MR) is 76.6 cm³/mol. The minimum atomic E-state index is -0.451. The van der Waals surface area contributed by atoms with Crippen LogP contribution >= 0.6 is 0 Å². The van der Waals surface area contributed by atoms with Gasteiger partial charge in [0.15, 0.2) is 0 Å². The summed E-state index contributed by atoms with van der Waals surface area (Å²) in [6, 6.07) is 11.3. The van der Waals surface area contributed by atoms with E-state index in [0.717, 1.165) is 25.0 Å². The molecule has 3 rings (SSSR count). The quantitative estimate of drug-likeness (QED) is 0.871. The Hall–Kier alpha value is -2.10. The van der Waals surface area contributed by atoms with E-state index in [1.165, 1.54) is 17.2 Å². The zero-order valence-corrected chi connectivity index (χ0v) is 11.4. The topological polar surface area (TPSA) is 34.1 Å². The van der Waals surface area contributed by atoms with Crippen LogP contribution in [0.5, 0.6) is 5.75 Å². The molecule has 1 aliphatic rings. The monoisotopic (exact) mass is 272 g/mol. The number of nitrogens with one attached hydrogen (secondary N) is 1. The van der Waals surface area contributed by atoms with E-state index < -0.39 is 5.95 Å². The molecular formula is C16H17FN2O. The zero-order valence-electron chi connectivity index (χ0n) is 11.4. The lowest BCUT2D eigenvalue weighted by atomic mass is 9.88. The summed E-state index contributed by atoms with van der Waals surface area (Å²) < 4.78 is 18.4. The number of rotatable bonds is 3. The molecular weight excluding hydrogens is 255 g/mol. The van der Waals surface area contributed by atoms with E-state index in [-0.39, 0.29) is 6.04 Å². The zero-order chi connectivity index (χ0) is 13.9. The summed E-state index contributed by atoms with van der Waals surface area (Å²) in [5.74, 6) is 1.03. The number of aromatic nitrogens is 1. The lowest BCUT2D eigenvalue weighted by Gasteiger charge is -2.26. The third-order valence-corrected chi connectivity index (χ3v) is 3.71. The first-order chi connectivity index (χ1) is 9.74. The van der Waals surface area contributed by atoms with Crippen LogP contribution in [-0.4, -0.2) is 18.1 Å². The van der Waals surface area contributed by atoms with Crippen molar-refractivity contribution < 1.29 is 9.13 Å². The number of methoxy groups -OCH3 is 1. The number of nitrogens with zero attached hydrogens (tertiary/aromatic N) is 1. The Kier molecular flexibility index (Phi) is 3.54. The number of fused-ring (bicyclic) bond motifs is 1. The Balaban J connectivity index is 1.74. The number of benzene rings is 1. The molecule has 1 aromatic carbocycles. The summed E-state index contributed by atoms with van der Waals surface area (Å²) in [5, 5.41) is 3.31. The predicted octanol–water partition coefficient (Wildman–Crippen LogP) is 3.20. The summed E-state index contributed by atoms with van der Waals surface area (Å²) >= 11 is 0. The van der Waals surface area contributed by atoms with Crippen LogP contribution in [0.1, 0.15) is 17.5 Å². The van der Waals surface area contributed by atoms with E-state index in [4.69, 9.17) is 4.74 Å². The minimum absolute atomic E-state index is 0.281. The van der Waals surface area contributed by atoms with Crippen LogP contribution in [0, 0.1) is 5.95 Å². The smallest absolute Gasteiger partial charge is 0.214 e. The van der Waals surface area contributed by atoms with E-state index >= 15 is 0 Å². The molecule has 1 N–H and O–H groups in total. The summed E-state index contributed by atoms with van der Waals surface area (Å²) in [5.41, 5.74) is 2.67. The molecule has 104 valence electrons. The number of hydrogen-bond donors (Lipinski definition) is 1. The maximum absolute atomic E-state index is 13.1. The largest absolute Gasteiger partial charge is 0.497 e. The van der Waals surface area contributed by atoms with Gasteiger partial charge in [0.2, 0.25) is 5.95 Å². The molecule has 0 radical (unpaired) electrons. The van der Waals surface area contributed by atoms with E-state index in [0.29, 0.717) is 5.82 Å². The van der Waals surface area contributed by atoms with Gasteiger partial charge in [-0.05, 0) is 54.7 Å². The lowest BCUT2D eigenvalue weighted by molar-refractivity contribution is 0.413. The fraction of sp³-hybridized carbons (Fsp3) is 0.312. The first-order valence-corrected chi connectivity index (χ1v) is 6.79. The van der Waals surface area contributed by atoms with E-state index in [1.807, 2.05) is 6.07 Å². The van der Waals surface area contributed by atoms with Crippen molar-refractivity contribution in [1.82, 2.24) is 4.98 Å². The van der Waals surface area contributed by atoms with Crippen LogP contribution in [0.3, 0.4) is 0 Å². The van der Waals surface area contributed by atoms with E-state index in [1.54, 1.807) is 19.2 Å². The highest BCUT2D eigenvalue weighted by Crippen LogP contribution is 2.26. The van der Waals surface area contributed by atoms with Gasteiger partial charge in [0.1, 0.15) is 11.6 Å². The van der Waals surface area contributed by atoms with Gasteiger partial charge in [-0.15, -0.1) is 0 Å². The van der Waals surface area contributed by atoms with Gasteiger partial charge >= 0.3 is 0 Å². The molecule has 0 bridgehead atoms. The third kappa shape index (κ3) is 2.74. The van der Waals surface area contributed by atoms with Crippen molar-refractivity contribution in [3.05, 3.63) is 53.5 Å². The second-order valence-corrected chi connectivity index (χ2v) is 5.06. The number of hydrogen-bond acceptors (Lipinski definition) is 3. The van der Waals surface area contributed by atoms with Crippen LogP contribution in [0.25, 0.3) is 0 Å². The maximum atomic E-state index is 13.1. The van der Waals surface area contributed by atoms with Gasteiger partial charge in [-0.2, -0.15) is 4.39 Å². The van der Waals surface area contributed by atoms with Crippen molar-refractivity contribution in [2.75, 3.05) is 12.4 Å². The molecule has 0 aliphatic heterocycles. The molecule has 0 amide bonds. The Morgan fingerprint density at radius 3 is 2.95 bits per heavy atom. The summed E-state index contributed by atoms with van der Waals surface area (Å²) in [7, 11) is 1.68. The molecule has 0 saturated heterocycles. The van der Waals surface area contributed by atoms with Gasteiger partial charge in [0.25, 0.3) is 0 Å². The van der Waals surface area contributed by atoms with E-state index in [9.17, 15) is 4.39 Å². The molecule has 0 fully saturated rings. The van der Waals surface area contributed by atoms with Gasteiger partial charge in [-0.3, -0.25) is 0 Å². The van der Waals surface area contributed by atoms with Gasteiger partial charge in [-0.1, -0.05) is 12.1 Å². The first-order valence-electron chi connectivity index (χ1n) is 6.79. The molecule has 2 aromatic rings. The molecule has 1 aliphatic carbocycles. The van der Waals surface area contributed by atoms with Crippen LogP contribution in [0.4, 0.5) is 10.2 Å². The SMILES string of the molecule is COc1ccc2c(c1)CC(Nc1cccc(F)n1)CC2. The van der Waals surface area contributed by atoms with Crippen molar-refractivity contribution in [3.63, 3.8) is 0 Å². The number of halogens is 1. The highest BCUT2D eigenvalue weighted by Gasteiger charge is 2.19. The molecule has 1 heterocycles. The number of ether oxygens (including phenoxy) is 1. The van der Waals surface area contributed by atoms with Gasteiger partial charge < -0.3 is 10.1 Å². The molecule has 0 spiro atoms. The highest BCUT2D eigenvalue weighted by molar-refractivity contribution is 5.41. The van der Waals surface area contributed by atoms with Gasteiger partial charge in [0, 0.05) is 6.04 Å². The molecule has 4 heteroatoms. The fourth-order valence-electron chi connectivity index (χ4n) is 2.68. The van der Waals surface area contributed by atoms with Crippen molar-refractivity contribution in [1.29, 1.82) is 0 Å². The minimum Gasteiger partial charge on any atom is -0.497 e. The average Bonchev–Trinajstić information content (AvgIpc) is 2.46. The van der Waals surface area contributed by atoms with Gasteiger partial charge in [0.05, 0.1) is 7.11 Å². The lowest BCUT2D eigenvalue weighted by Crippen LogP contribution is -2.27. The molecule has 1 unspecified atom stereocenters. The Bertz CT molecular complexity index is 615. The number of pyridine rings is 1. The highest BCUT2D eigenvalue weighted by atomic mass is 19.1. The second kappa shape index (κ2) is 5.49. The van der Waals surface area contributed by atoms with Gasteiger partial charge in [-0.25, -0.2) is 4.98 Å². The van der Waals surface area contributed by atoms with E-state index in [2.05, 4.69) is 22.4 Å². The Labute approximate surface area is 117 Å². The third-order valence-electron chi connectivity index (χ3n) is 3.71. The standard InChI is InChI=1S/C16H17FN2O/c1-20-14-8-6-11-5-7-13(9-12(11)10-14)18-16-4-2-3-15(17)19-16/h2-4,6,8,10,13H,5,7,9H2,1H3,(H,18,19). The van der Waals surface area contributed by atoms with Crippen molar-refractivity contribution in [2.45, 2.75) is 25.3 Å². The molecule has 1 atom stereocenters. The number of anilines is 1. The fourth-order valence-corrected chi connectivity index (χ4v) is 2.68. The molecule has 0 saturated carbocycles. The van der Waals surface area contributed by atoms with Crippen LogP contribution in [-0.2, 0) is 12.8 Å².